The Bertz CT molecular complexity index is 413. The molecule has 1 rings (SSSR count). The normalized spacial score (nSPS) is 13.2. The summed E-state index contributed by atoms with van der Waals surface area (Å²) in [7, 11) is 0. The predicted octanol–water partition coefficient (Wildman–Crippen LogP) is 2.35. The molecule has 100 valence electrons. The molecule has 0 radical (unpaired) electrons. The van der Waals surface area contributed by atoms with E-state index < -0.39 is 11.7 Å². The fourth-order valence-corrected chi connectivity index (χ4v) is 1.81. The lowest BCUT2D eigenvalue weighted by molar-refractivity contribution is 0.0893. The van der Waals surface area contributed by atoms with Crippen LogP contribution < -0.4 is 5.32 Å². The second-order valence-corrected chi connectivity index (χ2v) is 5.60. The van der Waals surface area contributed by atoms with Gasteiger partial charge in [0, 0.05) is 0 Å². The molecule has 1 amide bonds. The van der Waals surface area contributed by atoms with Gasteiger partial charge in [-0.25, -0.2) is 4.39 Å². The number of hydrogen-bond donors (Lipinski definition) is 2. The molecule has 18 heavy (non-hydrogen) atoms. The number of aliphatic hydroxyl groups is 1. The predicted molar refractivity (Wildman–Crippen MR) is 68.8 cm³/mol. The summed E-state index contributed by atoms with van der Waals surface area (Å²) in [5.74, 6) is -1.04. The molecule has 0 bridgehead atoms. The van der Waals surface area contributed by atoms with Crippen LogP contribution in [0.5, 0.6) is 0 Å². The van der Waals surface area contributed by atoms with Crippen molar-refractivity contribution >= 4 is 5.91 Å². The summed E-state index contributed by atoms with van der Waals surface area (Å²) in [6.07, 6.45) is 0.629. The topological polar surface area (TPSA) is 49.3 Å². The van der Waals surface area contributed by atoms with E-state index in [1.54, 1.807) is 6.07 Å². The Morgan fingerprint density at radius 3 is 2.50 bits per heavy atom. The number of rotatable bonds is 4. The van der Waals surface area contributed by atoms with Crippen molar-refractivity contribution in [3.05, 3.63) is 35.6 Å². The molecule has 0 aliphatic carbocycles. The van der Waals surface area contributed by atoms with Crippen LogP contribution in [0.2, 0.25) is 0 Å². The molecule has 2 N–H and O–H groups in total. The number of hydrogen-bond acceptors (Lipinski definition) is 2. The Hall–Kier alpha value is -1.42. The zero-order valence-electron chi connectivity index (χ0n) is 11.0. The molecular weight excluding hydrogens is 233 g/mol. The fourth-order valence-electron chi connectivity index (χ4n) is 1.81. The highest BCUT2D eigenvalue weighted by molar-refractivity contribution is 5.94. The average Bonchev–Trinajstić information content (AvgIpc) is 2.26. The van der Waals surface area contributed by atoms with Gasteiger partial charge in [-0.15, -0.1) is 0 Å². The third kappa shape index (κ3) is 4.45. The van der Waals surface area contributed by atoms with Gasteiger partial charge in [-0.1, -0.05) is 32.9 Å². The van der Waals surface area contributed by atoms with Gasteiger partial charge in [0.05, 0.1) is 18.2 Å². The highest BCUT2D eigenvalue weighted by atomic mass is 19.1. The molecule has 0 saturated heterocycles. The van der Waals surface area contributed by atoms with Crippen molar-refractivity contribution < 1.29 is 14.3 Å². The number of amides is 1. The molecule has 0 heterocycles. The Morgan fingerprint density at radius 2 is 2.00 bits per heavy atom. The smallest absolute Gasteiger partial charge is 0.254 e. The van der Waals surface area contributed by atoms with E-state index in [4.69, 9.17) is 0 Å². The molecule has 1 aromatic carbocycles. The monoisotopic (exact) mass is 253 g/mol. The van der Waals surface area contributed by atoms with Crippen molar-refractivity contribution in [3.63, 3.8) is 0 Å². The van der Waals surface area contributed by atoms with Gasteiger partial charge in [0.15, 0.2) is 0 Å². The minimum Gasteiger partial charge on any atom is -0.394 e. The molecule has 0 saturated carbocycles. The van der Waals surface area contributed by atoms with E-state index in [2.05, 4.69) is 5.32 Å². The van der Waals surface area contributed by atoms with E-state index in [0.717, 1.165) is 0 Å². The average molecular weight is 253 g/mol. The van der Waals surface area contributed by atoms with Crippen molar-refractivity contribution in [2.24, 2.45) is 5.41 Å². The largest absolute Gasteiger partial charge is 0.394 e. The Labute approximate surface area is 107 Å². The van der Waals surface area contributed by atoms with Crippen molar-refractivity contribution in [1.82, 2.24) is 5.32 Å². The minimum atomic E-state index is -0.553. The maximum absolute atomic E-state index is 13.4. The first-order valence-corrected chi connectivity index (χ1v) is 6.00. The van der Waals surface area contributed by atoms with E-state index in [1.165, 1.54) is 18.2 Å². The van der Waals surface area contributed by atoms with E-state index in [1.807, 2.05) is 20.8 Å². The lowest BCUT2D eigenvalue weighted by Gasteiger charge is -2.25. The number of halogens is 1. The number of aliphatic hydroxyl groups excluding tert-OH is 1. The first-order valence-electron chi connectivity index (χ1n) is 6.00. The lowest BCUT2D eigenvalue weighted by Crippen LogP contribution is -2.40. The lowest BCUT2D eigenvalue weighted by atomic mass is 9.88. The molecule has 1 unspecified atom stereocenters. The number of carbonyl (C=O) groups is 1. The highest BCUT2D eigenvalue weighted by Gasteiger charge is 2.21. The highest BCUT2D eigenvalue weighted by Crippen LogP contribution is 2.20. The van der Waals surface area contributed by atoms with Crippen LogP contribution in [0.4, 0.5) is 4.39 Å². The van der Waals surface area contributed by atoms with E-state index >= 15 is 0 Å². The van der Waals surface area contributed by atoms with Crippen molar-refractivity contribution in [1.29, 1.82) is 0 Å². The maximum Gasteiger partial charge on any atom is 0.254 e. The summed E-state index contributed by atoms with van der Waals surface area (Å²) < 4.78 is 13.4. The van der Waals surface area contributed by atoms with Gasteiger partial charge in [-0.3, -0.25) is 4.79 Å². The summed E-state index contributed by atoms with van der Waals surface area (Å²) in [5.41, 5.74) is -0.0134. The van der Waals surface area contributed by atoms with Crippen LogP contribution in [0, 0.1) is 11.2 Å². The fraction of sp³-hybridized carbons (Fsp3) is 0.500. The molecule has 4 heteroatoms. The van der Waals surface area contributed by atoms with Crippen LogP contribution >= 0.6 is 0 Å². The van der Waals surface area contributed by atoms with Gasteiger partial charge in [0.25, 0.3) is 5.91 Å². The van der Waals surface area contributed by atoms with Gasteiger partial charge >= 0.3 is 0 Å². The first-order chi connectivity index (χ1) is 8.33. The summed E-state index contributed by atoms with van der Waals surface area (Å²) in [6.45, 7) is 5.90. The standard InChI is InChI=1S/C14H20FNO2/c1-14(2,3)8-10(9-17)16-13(18)11-6-4-5-7-12(11)15/h4-7,10,17H,8-9H2,1-3H3,(H,16,18). The molecule has 1 atom stereocenters. The van der Waals surface area contributed by atoms with Crippen LogP contribution in [-0.4, -0.2) is 23.7 Å². The zero-order valence-corrected chi connectivity index (χ0v) is 11.0. The number of carbonyl (C=O) groups excluding carboxylic acids is 1. The minimum absolute atomic E-state index is 0.00450. The van der Waals surface area contributed by atoms with Gasteiger partial charge < -0.3 is 10.4 Å². The van der Waals surface area contributed by atoms with Crippen LogP contribution in [0.1, 0.15) is 37.6 Å². The number of benzene rings is 1. The van der Waals surface area contributed by atoms with Gasteiger partial charge in [0.2, 0.25) is 0 Å². The molecule has 1 aromatic rings. The van der Waals surface area contributed by atoms with E-state index in [-0.39, 0.29) is 23.6 Å². The van der Waals surface area contributed by atoms with E-state index in [9.17, 15) is 14.3 Å². The first kappa shape index (κ1) is 14.6. The Kier molecular flexibility index (Phi) is 4.84. The molecular formula is C14H20FNO2. The molecule has 0 spiro atoms. The quantitative estimate of drug-likeness (QED) is 0.865. The van der Waals surface area contributed by atoms with Gasteiger partial charge in [0.1, 0.15) is 5.82 Å². The molecule has 0 aliphatic heterocycles. The zero-order chi connectivity index (χ0) is 13.8. The van der Waals surface area contributed by atoms with Crippen LogP contribution in [0.15, 0.2) is 24.3 Å². The molecule has 0 fully saturated rings. The molecule has 0 aliphatic rings. The Morgan fingerprint density at radius 1 is 1.39 bits per heavy atom. The van der Waals surface area contributed by atoms with Gasteiger partial charge in [-0.2, -0.15) is 0 Å². The SMILES string of the molecule is CC(C)(C)CC(CO)NC(=O)c1ccccc1F. The van der Waals surface area contributed by atoms with E-state index in [0.29, 0.717) is 6.42 Å². The van der Waals surface area contributed by atoms with Crippen molar-refractivity contribution in [2.75, 3.05) is 6.61 Å². The third-order valence-corrected chi connectivity index (χ3v) is 2.53. The maximum atomic E-state index is 13.4. The second kappa shape index (κ2) is 5.96. The summed E-state index contributed by atoms with van der Waals surface area (Å²) in [5, 5.41) is 11.9. The third-order valence-electron chi connectivity index (χ3n) is 2.53. The van der Waals surface area contributed by atoms with Crippen LogP contribution in [0.25, 0.3) is 0 Å². The van der Waals surface area contributed by atoms with Crippen LogP contribution in [0.3, 0.4) is 0 Å². The van der Waals surface area contributed by atoms with Gasteiger partial charge in [-0.05, 0) is 24.0 Å². The summed E-state index contributed by atoms with van der Waals surface area (Å²) in [6, 6.07) is 5.45. The Balaban J connectivity index is 2.71. The van der Waals surface area contributed by atoms with Crippen LogP contribution in [-0.2, 0) is 0 Å². The van der Waals surface area contributed by atoms with Crippen molar-refractivity contribution in [2.45, 2.75) is 33.2 Å². The number of nitrogens with one attached hydrogen (secondary N) is 1. The van der Waals surface area contributed by atoms with Crippen molar-refractivity contribution in [3.8, 4) is 0 Å². The molecule has 3 nitrogen and oxygen atoms in total. The summed E-state index contributed by atoms with van der Waals surface area (Å²) >= 11 is 0. The molecule has 0 aromatic heterocycles. The summed E-state index contributed by atoms with van der Waals surface area (Å²) in [4.78, 5) is 11.9. The second-order valence-electron chi connectivity index (χ2n) is 5.60.